The molecule has 2 rings (SSSR count). The zero-order valence-corrected chi connectivity index (χ0v) is 15.1. The largest absolute Gasteiger partial charge is 0.462 e. The number of allylic oxidation sites excluding steroid dienone is 1. The summed E-state index contributed by atoms with van der Waals surface area (Å²) >= 11 is 0. The number of hydrogen-bond acceptors (Lipinski definition) is 4. The van der Waals surface area contributed by atoms with Gasteiger partial charge in [0.25, 0.3) is 0 Å². The Morgan fingerprint density at radius 3 is 2.17 bits per heavy atom. The molecule has 0 radical (unpaired) electrons. The van der Waals surface area contributed by atoms with Crippen LogP contribution in [0.3, 0.4) is 0 Å². The average Bonchev–Trinajstić information content (AvgIpc) is 2.47. The molecule has 4 nitrogen and oxygen atoms in total. The summed E-state index contributed by atoms with van der Waals surface area (Å²) in [5.41, 5.74) is 0.193. The van der Waals surface area contributed by atoms with E-state index in [-0.39, 0.29) is 30.1 Å². The Labute approximate surface area is 139 Å². The maximum Gasteiger partial charge on any atom is 0.345 e. The van der Waals surface area contributed by atoms with E-state index >= 15 is 0 Å². The molecule has 0 spiro atoms. The smallest absolute Gasteiger partial charge is 0.345 e. The molecule has 2 fully saturated rings. The highest BCUT2D eigenvalue weighted by Crippen LogP contribution is 2.62. The van der Waals surface area contributed by atoms with E-state index in [1.165, 1.54) is 19.3 Å². The highest BCUT2D eigenvalue weighted by atomic mass is 16.6. The molecule has 0 saturated heterocycles. The molecule has 2 aliphatic carbocycles. The van der Waals surface area contributed by atoms with Gasteiger partial charge in [0.05, 0.1) is 13.2 Å². The highest BCUT2D eigenvalue weighted by molar-refractivity contribution is 6.14. The first kappa shape index (κ1) is 18.0. The Balaban J connectivity index is 2.26. The van der Waals surface area contributed by atoms with Gasteiger partial charge in [-0.25, -0.2) is 9.59 Å². The molecule has 2 saturated carbocycles. The maximum absolute atomic E-state index is 12.2. The molecule has 0 unspecified atom stereocenters. The molecule has 0 aromatic carbocycles. The van der Waals surface area contributed by atoms with Crippen molar-refractivity contribution in [3.63, 3.8) is 0 Å². The summed E-state index contributed by atoms with van der Waals surface area (Å²) in [5, 5.41) is 0. The van der Waals surface area contributed by atoms with Gasteiger partial charge in [-0.2, -0.15) is 0 Å². The fraction of sp³-hybridized carbons (Fsp3) is 0.789. The molecule has 0 amide bonds. The molecule has 23 heavy (non-hydrogen) atoms. The van der Waals surface area contributed by atoms with Crippen LogP contribution in [0.1, 0.15) is 53.9 Å². The minimum atomic E-state index is -0.561. The van der Waals surface area contributed by atoms with Crippen LogP contribution in [0.25, 0.3) is 0 Å². The second kappa shape index (κ2) is 7.06. The van der Waals surface area contributed by atoms with E-state index in [1.807, 2.05) is 6.08 Å². The lowest BCUT2D eigenvalue weighted by Crippen LogP contribution is -2.55. The fourth-order valence-corrected chi connectivity index (χ4v) is 4.58. The Kier molecular flexibility index (Phi) is 5.53. The molecular weight excluding hydrogens is 292 g/mol. The Hall–Kier alpha value is -1.32. The number of esters is 2. The molecule has 0 heterocycles. The van der Waals surface area contributed by atoms with E-state index in [1.54, 1.807) is 13.8 Å². The van der Waals surface area contributed by atoms with E-state index < -0.39 is 11.9 Å². The molecule has 130 valence electrons. The summed E-state index contributed by atoms with van der Waals surface area (Å²) in [6.07, 6.45) is 5.55. The standard InChI is InChI=1S/C19H30O4/c1-6-22-17(20)14(18(21)23-7-2)11-16-13-10-12(3)8-9-15(13)19(16,4)5/h11-13,15-16H,6-10H2,1-5H3/t12-,13+,15-,16-/m1/s1. The van der Waals surface area contributed by atoms with E-state index in [2.05, 4.69) is 20.8 Å². The normalized spacial score (nSPS) is 31.3. The molecule has 0 aliphatic heterocycles. The van der Waals surface area contributed by atoms with Gasteiger partial charge in [0.1, 0.15) is 5.57 Å². The molecule has 0 aromatic heterocycles. The SMILES string of the molecule is CCOC(=O)C(=C[C@@H]1[C@H]2C[C@H](C)CC[C@H]2C1(C)C)C(=O)OCC. The van der Waals surface area contributed by atoms with Crippen molar-refractivity contribution in [3.05, 3.63) is 11.6 Å². The highest BCUT2D eigenvalue weighted by Gasteiger charge is 2.56. The van der Waals surface area contributed by atoms with Crippen molar-refractivity contribution in [3.8, 4) is 0 Å². The van der Waals surface area contributed by atoms with Gasteiger partial charge >= 0.3 is 11.9 Å². The van der Waals surface area contributed by atoms with Crippen LogP contribution in [0.4, 0.5) is 0 Å². The molecule has 4 heteroatoms. The predicted molar refractivity (Wildman–Crippen MR) is 88.6 cm³/mol. The predicted octanol–water partition coefficient (Wildman–Crippen LogP) is 3.75. The third kappa shape index (κ3) is 3.46. The lowest BCUT2D eigenvalue weighted by molar-refractivity contribution is -0.147. The Bertz CT molecular complexity index is 472. The summed E-state index contributed by atoms with van der Waals surface area (Å²) in [6.45, 7) is 10.8. The van der Waals surface area contributed by atoms with Gasteiger partial charge in [-0.05, 0) is 55.8 Å². The molecular formula is C19H30O4. The second-order valence-corrected chi connectivity index (χ2v) is 7.56. The van der Waals surface area contributed by atoms with Crippen molar-refractivity contribution in [1.82, 2.24) is 0 Å². The third-order valence-corrected chi connectivity index (χ3v) is 5.77. The van der Waals surface area contributed by atoms with Crippen molar-refractivity contribution in [2.24, 2.45) is 29.1 Å². The average molecular weight is 322 g/mol. The van der Waals surface area contributed by atoms with Gasteiger partial charge in [-0.15, -0.1) is 0 Å². The molecule has 4 atom stereocenters. The van der Waals surface area contributed by atoms with Crippen LogP contribution in [0.2, 0.25) is 0 Å². The molecule has 0 bridgehead atoms. The summed E-state index contributed by atoms with van der Waals surface area (Å²) in [7, 11) is 0. The van der Waals surface area contributed by atoms with Gasteiger partial charge in [-0.1, -0.05) is 33.3 Å². The van der Waals surface area contributed by atoms with E-state index in [9.17, 15) is 9.59 Å². The third-order valence-electron chi connectivity index (χ3n) is 5.77. The van der Waals surface area contributed by atoms with Gasteiger partial charge in [0, 0.05) is 0 Å². The first-order valence-electron chi connectivity index (χ1n) is 8.88. The summed E-state index contributed by atoms with van der Waals surface area (Å²) in [5.74, 6) is 1.08. The second-order valence-electron chi connectivity index (χ2n) is 7.56. The summed E-state index contributed by atoms with van der Waals surface area (Å²) < 4.78 is 10.1. The number of fused-ring (bicyclic) bond motifs is 1. The minimum absolute atomic E-state index is 0.0726. The van der Waals surface area contributed by atoms with Crippen molar-refractivity contribution < 1.29 is 19.1 Å². The fourth-order valence-electron chi connectivity index (χ4n) is 4.58. The zero-order valence-electron chi connectivity index (χ0n) is 15.1. The van der Waals surface area contributed by atoms with Crippen molar-refractivity contribution in [1.29, 1.82) is 0 Å². The van der Waals surface area contributed by atoms with E-state index in [0.717, 1.165) is 5.92 Å². The van der Waals surface area contributed by atoms with Crippen LogP contribution >= 0.6 is 0 Å². The number of hydrogen-bond donors (Lipinski definition) is 0. The van der Waals surface area contributed by atoms with Crippen LogP contribution in [-0.4, -0.2) is 25.2 Å². The van der Waals surface area contributed by atoms with Crippen LogP contribution in [0.15, 0.2) is 11.6 Å². The Morgan fingerprint density at radius 2 is 1.65 bits per heavy atom. The lowest BCUT2D eigenvalue weighted by atomic mass is 9.43. The van der Waals surface area contributed by atoms with Crippen LogP contribution in [-0.2, 0) is 19.1 Å². The number of carbonyl (C=O) groups excluding carboxylic acids is 2. The molecule has 0 aromatic rings. The monoisotopic (exact) mass is 322 g/mol. The van der Waals surface area contributed by atoms with Crippen LogP contribution in [0, 0.1) is 29.1 Å². The zero-order chi connectivity index (χ0) is 17.2. The minimum Gasteiger partial charge on any atom is -0.462 e. The van der Waals surface area contributed by atoms with Gasteiger partial charge in [-0.3, -0.25) is 0 Å². The lowest BCUT2D eigenvalue weighted by Gasteiger charge is -2.61. The topological polar surface area (TPSA) is 52.6 Å². The van der Waals surface area contributed by atoms with E-state index in [0.29, 0.717) is 11.8 Å². The van der Waals surface area contributed by atoms with E-state index in [4.69, 9.17) is 9.47 Å². The van der Waals surface area contributed by atoms with Crippen molar-refractivity contribution in [2.75, 3.05) is 13.2 Å². The first-order chi connectivity index (χ1) is 10.8. The van der Waals surface area contributed by atoms with Crippen LogP contribution in [0.5, 0.6) is 0 Å². The Morgan fingerprint density at radius 1 is 1.09 bits per heavy atom. The molecule has 2 aliphatic rings. The number of ether oxygens (including phenoxy) is 2. The van der Waals surface area contributed by atoms with Crippen molar-refractivity contribution >= 4 is 11.9 Å². The summed E-state index contributed by atoms with van der Waals surface area (Å²) in [4.78, 5) is 24.4. The quantitative estimate of drug-likeness (QED) is 0.335. The summed E-state index contributed by atoms with van der Waals surface area (Å²) in [6, 6.07) is 0. The molecule has 0 N–H and O–H groups in total. The first-order valence-corrected chi connectivity index (χ1v) is 8.88. The van der Waals surface area contributed by atoms with Crippen LogP contribution < -0.4 is 0 Å². The number of carbonyl (C=O) groups is 2. The van der Waals surface area contributed by atoms with Gasteiger partial charge in [0.2, 0.25) is 0 Å². The number of rotatable bonds is 5. The maximum atomic E-state index is 12.2. The van der Waals surface area contributed by atoms with Gasteiger partial charge < -0.3 is 9.47 Å². The van der Waals surface area contributed by atoms with Crippen molar-refractivity contribution in [2.45, 2.75) is 53.9 Å². The van der Waals surface area contributed by atoms with Gasteiger partial charge in [0.15, 0.2) is 0 Å².